The van der Waals surface area contributed by atoms with Crippen molar-refractivity contribution in [2.24, 2.45) is 23.0 Å². The Kier molecular flexibility index (Phi) is 5.14. The molecule has 0 spiro atoms. The lowest BCUT2D eigenvalue weighted by molar-refractivity contribution is 0.0238. The number of hydrogen-bond donors (Lipinski definition) is 2. The number of aryl methyl sites for hydroxylation is 1. The molecule has 2 N–H and O–H groups in total. The maximum Gasteiger partial charge on any atom is 0.112 e. The van der Waals surface area contributed by atoms with Crippen LogP contribution in [0.1, 0.15) is 31.4 Å². The fourth-order valence-electron chi connectivity index (χ4n) is 4.82. The highest BCUT2D eigenvalue weighted by atomic mass is 16.5. The normalized spacial score (nSPS) is 27.0. The first-order valence-electron chi connectivity index (χ1n) is 10.6. The summed E-state index contributed by atoms with van der Waals surface area (Å²) in [6.45, 7) is 4.26. The van der Waals surface area contributed by atoms with Crippen molar-refractivity contribution < 1.29 is 4.74 Å². The highest BCUT2D eigenvalue weighted by Crippen LogP contribution is 2.36. The lowest BCUT2D eigenvalue weighted by Crippen LogP contribution is -2.49. The number of likely N-dealkylation sites (tertiary alicyclic amines) is 1. The van der Waals surface area contributed by atoms with Gasteiger partial charge in [-0.15, -0.1) is 0 Å². The number of hydrazine groups is 1. The zero-order valence-corrected chi connectivity index (χ0v) is 17.7. The number of nitrogens with zero attached hydrogens (tertiary/aromatic N) is 5. The van der Waals surface area contributed by atoms with E-state index in [1.165, 1.54) is 5.56 Å². The number of benzene rings is 1. The Hall–Kier alpha value is -2.55. The van der Waals surface area contributed by atoms with E-state index in [9.17, 15) is 0 Å². The molecule has 0 saturated carbocycles. The third-order valence-corrected chi connectivity index (χ3v) is 6.57. The lowest BCUT2D eigenvalue weighted by atomic mass is 9.89. The number of methoxy groups -OCH3 is 1. The number of nitrogens with one attached hydrogen (secondary N) is 2. The van der Waals surface area contributed by atoms with E-state index >= 15 is 0 Å². The Bertz CT molecular complexity index is 974. The molecule has 0 bridgehead atoms. The van der Waals surface area contributed by atoms with Gasteiger partial charge >= 0.3 is 0 Å². The molecule has 1 saturated heterocycles. The van der Waals surface area contributed by atoms with Crippen molar-refractivity contribution in [3.05, 3.63) is 36.2 Å². The third kappa shape index (κ3) is 3.45. The Morgan fingerprint density at radius 1 is 1.17 bits per heavy atom. The fourth-order valence-corrected chi connectivity index (χ4v) is 4.82. The lowest BCUT2D eigenvalue weighted by Gasteiger charge is -2.39. The predicted octanol–water partition coefficient (Wildman–Crippen LogP) is 2.61. The van der Waals surface area contributed by atoms with Gasteiger partial charge in [0.2, 0.25) is 0 Å². The van der Waals surface area contributed by atoms with Gasteiger partial charge in [-0.2, -0.15) is 5.10 Å². The molecule has 3 unspecified atom stereocenters. The molecule has 158 valence electrons. The highest BCUT2D eigenvalue weighted by Gasteiger charge is 2.37. The molecule has 4 heterocycles. The Morgan fingerprint density at radius 2 is 2.00 bits per heavy atom. The zero-order chi connectivity index (χ0) is 20.7. The van der Waals surface area contributed by atoms with Gasteiger partial charge in [-0.1, -0.05) is 13.0 Å². The molecular weight excluding hydrogens is 378 g/mol. The van der Waals surface area contributed by atoms with Crippen LogP contribution in [0, 0.1) is 5.92 Å². The molecule has 1 fully saturated rings. The average molecular weight is 408 g/mol. The Morgan fingerprint density at radius 3 is 2.73 bits per heavy atom. The van der Waals surface area contributed by atoms with Crippen molar-refractivity contribution in [2.75, 3.05) is 25.6 Å². The first-order valence-corrected chi connectivity index (χ1v) is 10.6. The van der Waals surface area contributed by atoms with Crippen molar-refractivity contribution in [3.8, 4) is 11.1 Å². The molecule has 8 heteroatoms. The Labute approximate surface area is 177 Å². The summed E-state index contributed by atoms with van der Waals surface area (Å²) in [4.78, 5) is 11.9. The molecule has 2 aromatic rings. The topological polar surface area (TPSA) is 79.1 Å². The summed E-state index contributed by atoms with van der Waals surface area (Å²) in [6, 6.07) is 6.52. The van der Waals surface area contributed by atoms with Gasteiger partial charge in [-0.05, 0) is 30.5 Å². The van der Waals surface area contributed by atoms with Crippen LogP contribution in [0.25, 0.3) is 11.1 Å². The molecule has 0 amide bonds. The second-order valence-electron chi connectivity index (χ2n) is 8.40. The van der Waals surface area contributed by atoms with Gasteiger partial charge in [0, 0.05) is 56.2 Å². The van der Waals surface area contributed by atoms with Crippen LogP contribution < -0.4 is 10.9 Å². The quantitative estimate of drug-likeness (QED) is 0.815. The van der Waals surface area contributed by atoms with E-state index in [-0.39, 0.29) is 18.1 Å². The van der Waals surface area contributed by atoms with E-state index < -0.39 is 0 Å². The summed E-state index contributed by atoms with van der Waals surface area (Å²) in [5, 5.41) is 4.31. The molecule has 1 aromatic heterocycles. The smallest absolute Gasteiger partial charge is 0.112 e. The van der Waals surface area contributed by atoms with E-state index in [1.807, 2.05) is 31.2 Å². The Balaban J connectivity index is 1.38. The maximum atomic E-state index is 5.53. The predicted molar refractivity (Wildman–Crippen MR) is 119 cm³/mol. The molecule has 3 aliphatic rings. The standard InChI is InChI=1S/C22H29N7O/c1-14-20(23-13-24-22(14)29-8-6-17(30-3)7-9-29)21-18-10-15(4-5-19(18)26-27-21)16-11-25-28(2)12-16/h4-5,10-14,17,21-22,26-27H,6-9H2,1-3H3. The van der Waals surface area contributed by atoms with Gasteiger partial charge in [0.05, 0.1) is 24.0 Å². The van der Waals surface area contributed by atoms with Crippen LogP contribution in [0.2, 0.25) is 0 Å². The van der Waals surface area contributed by atoms with E-state index in [1.54, 1.807) is 6.34 Å². The summed E-state index contributed by atoms with van der Waals surface area (Å²) in [7, 11) is 3.75. The van der Waals surface area contributed by atoms with E-state index in [0.717, 1.165) is 48.5 Å². The number of ether oxygens (including phenoxy) is 1. The minimum atomic E-state index is 0.0254. The van der Waals surface area contributed by atoms with E-state index in [2.05, 4.69) is 46.0 Å². The van der Waals surface area contributed by atoms with Crippen molar-refractivity contribution >= 4 is 17.7 Å². The number of aromatic nitrogens is 2. The summed E-state index contributed by atoms with van der Waals surface area (Å²) in [5.41, 5.74) is 12.5. The van der Waals surface area contributed by atoms with Crippen molar-refractivity contribution in [1.82, 2.24) is 20.1 Å². The summed E-state index contributed by atoms with van der Waals surface area (Å²) in [6.07, 6.45) is 8.30. The third-order valence-electron chi connectivity index (χ3n) is 6.57. The van der Waals surface area contributed by atoms with Gasteiger partial charge in [0.25, 0.3) is 0 Å². The van der Waals surface area contributed by atoms with Crippen LogP contribution >= 0.6 is 0 Å². The van der Waals surface area contributed by atoms with Crippen LogP contribution in [-0.2, 0) is 11.8 Å². The number of piperidine rings is 1. The van der Waals surface area contributed by atoms with Crippen LogP contribution in [0.15, 0.2) is 40.6 Å². The molecule has 0 aliphatic carbocycles. The molecule has 8 nitrogen and oxygen atoms in total. The molecule has 3 aliphatic heterocycles. The van der Waals surface area contributed by atoms with Crippen molar-refractivity contribution in [2.45, 2.75) is 38.1 Å². The second kappa shape index (κ2) is 7.94. The number of rotatable bonds is 4. The van der Waals surface area contributed by atoms with Crippen LogP contribution in [-0.4, -0.2) is 59.2 Å². The van der Waals surface area contributed by atoms with Gasteiger partial charge in [0.1, 0.15) is 12.5 Å². The monoisotopic (exact) mass is 407 g/mol. The van der Waals surface area contributed by atoms with E-state index in [0.29, 0.717) is 6.10 Å². The number of aliphatic imine (C=N–C) groups is 2. The van der Waals surface area contributed by atoms with E-state index in [4.69, 9.17) is 14.7 Å². The SMILES string of the molecule is COC1CCN(C2N=CN=C(C3NNc4ccc(-c5cnn(C)c5)cc43)C2C)CC1. The van der Waals surface area contributed by atoms with Crippen molar-refractivity contribution in [3.63, 3.8) is 0 Å². The highest BCUT2D eigenvalue weighted by molar-refractivity contribution is 6.00. The minimum Gasteiger partial charge on any atom is -0.381 e. The first-order chi connectivity index (χ1) is 14.6. The molecule has 30 heavy (non-hydrogen) atoms. The summed E-state index contributed by atoms with van der Waals surface area (Å²) >= 11 is 0. The number of fused-ring (bicyclic) bond motifs is 1. The molecule has 1 aromatic carbocycles. The van der Waals surface area contributed by atoms with Crippen molar-refractivity contribution in [1.29, 1.82) is 0 Å². The molecular formula is C22H29N7O. The zero-order valence-electron chi connectivity index (χ0n) is 17.7. The fraction of sp³-hybridized carbons (Fsp3) is 0.500. The summed E-state index contributed by atoms with van der Waals surface area (Å²) in [5.74, 6) is 0.224. The van der Waals surface area contributed by atoms with Crippen LogP contribution in [0.3, 0.4) is 0 Å². The number of anilines is 1. The van der Waals surface area contributed by atoms with Gasteiger partial charge in [-0.25, -0.2) is 10.4 Å². The molecule has 0 radical (unpaired) electrons. The first kappa shape index (κ1) is 19.4. The molecule has 5 rings (SSSR count). The van der Waals surface area contributed by atoms with Gasteiger partial charge in [0.15, 0.2) is 0 Å². The number of hydrogen-bond acceptors (Lipinski definition) is 7. The van der Waals surface area contributed by atoms with Crippen LogP contribution in [0.5, 0.6) is 0 Å². The maximum absolute atomic E-state index is 5.53. The largest absolute Gasteiger partial charge is 0.381 e. The average Bonchev–Trinajstić information content (AvgIpc) is 3.40. The molecule has 3 atom stereocenters. The second-order valence-corrected chi connectivity index (χ2v) is 8.40. The summed E-state index contributed by atoms with van der Waals surface area (Å²) < 4.78 is 7.36. The minimum absolute atomic E-state index is 0.0254. The van der Waals surface area contributed by atoms with Gasteiger partial charge in [-0.3, -0.25) is 14.6 Å². The van der Waals surface area contributed by atoms with Crippen LogP contribution in [0.4, 0.5) is 5.69 Å². The van der Waals surface area contributed by atoms with Gasteiger partial charge < -0.3 is 10.2 Å².